The van der Waals surface area contributed by atoms with Gasteiger partial charge in [-0.05, 0) is 157 Å². The van der Waals surface area contributed by atoms with Crippen LogP contribution in [0.15, 0.2) is 228 Å². The highest BCUT2D eigenvalue weighted by atomic mass is 32.2. The molecule has 84 heavy (non-hydrogen) atoms. The number of benzene rings is 10. The van der Waals surface area contributed by atoms with E-state index in [0.29, 0.717) is 89.4 Å². The summed E-state index contributed by atoms with van der Waals surface area (Å²) in [4.78, 5) is 27.4. The molecule has 0 amide bonds. The molecule has 0 saturated carbocycles. The third kappa shape index (κ3) is 10.6. The summed E-state index contributed by atoms with van der Waals surface area (Å²) in [6.45, 7) is 1.74. The number of ether oxygens (including phenoxy) is 4. The van der Waals surface area contributed by atoms with Crippen LogP contribution < -0.4 is 49.2 Å². The normalized spacial score (nSPS) is 15.6. The maximum atomic E-state index is 15.8. The van der Waals surface area contributed by atoms with E-state index in [-0.39, 0.29) is 45.2 Å². The lowest BCUT2D eigenvalue weighted by Gasteiger charge is -2.30. The first-order valence-corrected chi connectivity index (χ1v) is 31.1. The van der Waals surface area contributed by atoms with Gasteiger partial charge in [0.05, 0.1) is 40.4 Å². The Hall–Kier alpha value is -9.06. The molecule has 2 atom stereocenters. The van der Waals surface area contributed by atoms with E-state index in [9.17, 15) is 22.6 Å². The molecule has 10 aromatic rings. The van der Waals surface area contributed by atoms with E-state index < -0.39 is 35.5 Å². The third-order valence-electron chi connectivity index (χ3n) is 14.0. The Morgan fingerprint density at radius 1 is 0.464 bits per heavy atom. The number of para-hydroxylation sites is 2. The summed E-state index contributed by atoms with van der Waals surface area (Å²) >= 11 is 0.649. The molecular formula is C64H44O16P2S2. The van der Waals surface area contributed by atoms with E-state index in [2.05, 4.69) is 9.37 Å². The Balaban J connectivity index is 0.812. The van der Waals surface area contributed by atoms with E-state index in [1.165, 1.54) is 49.6 Å². The fraction of sp³-hybridized carbons (Fsp3) is 0.0312. The molecule has 418 valence electrons. The largest absolute Gasteiger partial charge is 0.496 e. The van der Waals surface area contributed by atoms with Crippen LogP contribution in [-0.2, 0) is 28.6 Å². The van der Waals surface area contributed by atoms with E-state index in [4.69, 9.17) is 33.3 Å². The van der Waals surface area contributed by atoms with Crippen molar-refractivity contribution in [3.63, 3.8) is 0 Å². The predicted octanol–water partition coefficient (Wildman–Crippen LogP) is 14.1. The molecule has 0 aliphatic carbocycles. The smallest absolute Gasteiger partial charge is 0.311 e. The van der Waals surface area contributed by atoms with Gasteiger partial charge in [0.15, 0.2) is 11.6 Å². The highest BCUT2D eigenvalue weighted by molar-refractivity contribution is 7.94. The number of ketones is 2. The van der Waals surface area contributed by atoms with Gasteiger partial charge in [-0.1, -0.05) is 90.0 Å². The summed E-state index contributed by atoms with van der Waals surface area (Å²) < 4.78 is 109. The highest BCUT2D eigenvalue weighted by Gasteiger charge is 2.42. The summed E-state index contributed by atoms with van der Waals surface area (Å²) in [5.41, 5.74) is 4.34. The Labute approximate surface area is 485 Å². The van der Waals surface area contributed by atoms with E-state index in [0.717, 1.165) is 17.2 Å². The highest BCUT2D eigenvalue weighted by Crippen LogP contribution is 2.57. The first-order chi connectivity index (χ1) is 40.6. The van der Waals surface area contributed by atoms with Gasteiger partial charge in [0.25, 0.3) is 10.1 Å². The van der Waals surface area contributed by atoms with Gasteiger partial charge in [-0.3, -0.25) is 23.3 Å². The standard InChI is InChI=1S/C64H44O16P2S2/c1-39-19-20-42(35-61(39)83-80-79-67)64(66)43-25-32-56(62(36-43)84(70,71)72)76-47-31-34-55(60(38-47)82(69)58-18-10-6-14-51(58)49-12-4-8-16-53(49)78-82)75-45-28-23-41(24-29-45)63(65)40-21-26-44(27-22-40)74-46-30-33-54(73-2)59(37-46)81(68)57-17-9-5-13-50(57)48-11-3-7-15-52(48)77-81/h3-38,67H,1-2H3,(H,70,71,72). The molecule has 10 aromatic carbocycles. The second kappa shape index (κ2) is 22.6. The number of methoxy groups -OCH3 is 1. The van der Waals surface area contributed by atoms with Gasteiger partial charge in [0.1, 0.15) is 56.6 Å². The Kier molecular flexibility index (Phi) is 14.9. The van der Waals surface area contributed by atoms with E-state index >= 15 is 9.13 Å². The average molecular weight is 1200 g/mol. The monoisotopic (exact) mass is 1190 g/mol. The molecule has 0 aromatic heterocycles. The number of hydrogen-bond acceptors (Lipinski definition) is 16. The van der Waals surface area contributed by atoms with Crippen LogP contribution in [0, 0.1) is 6.92 Å². The van der Waals surface area contributed by atoms with Crippen LogP contribution in [0.5, 0.6) is 51.7 Å². The third-order valence-corrected chi connectivity index (χ3v) is 20.5. The first kappa shape index (κ1) is 55.5. The van der Waals surface area contributed by atoms with Crippen molar-refractivity contribution in [2.45, 2.75) is 16.7 Å². The van der Waals surface area contributed by atoms with Crippen LogP contribution in [0.3, 0.4) is 0 Å². The zero-order chi connectivity index (χ0) is 58.3. The molecule has 0 saturated heterocycles. The van der Waals surface area contributed by atoms with Crippen LogP contribution in [0.1, 0.15) is 37.4 Å². The average Bonchev–Trinajstić information content (AvgIpc) is 2.94. The van der Waals surface area contributed by atoms with Crippen molar-refractivity contribution in [3.8, 4) is 74.0 Å². The topological polar surface area (TPSA) is 217 Å². The number of rotatable bonds is 17. The first-order valence-electron chi connectivity index (χ1n) is 25.6. The minimum Gasteiger partial charge on any atom is -0.496 e. The molecule has 2 N–H and O–H groups in total. The van der Waals surface area contributed by atoms with Crippen molar-refractivity contribution in [1.82, 2.24) is 0 Å². The molecular weight excluding hydrogens is 1150 g/mol. The number of carbonyl (C=O) groups is 2. The van der Waals surface area contributed by atoms with Crippen molar-refractivity contribution in [3.05, 3.63) is 246 Å². The van der Waals surface area contributed by atoms with Crippen LogP contribution >= 0.6 is 26.8 Å². The molecule has 20 heteroatoms. The SMILES string of the molecule is COc1ccc(Oc2ccc(C(=O)c3ccc(Oc4ccc(Oc5ccc(C(=O)c6ccc(C)c(SOOO)c6)cc5S(=O)(=O)O)cc4P4(=O)Oc5ccccc5-c5ccccc54)cc3)cc2)cc1P1(=O)Oc2ccccc2-c2ccccc21. The van der Waals surface area contributed by atoms with Gasteiger partial charge >= 0.3 is 14.7 Å². The Morgan fingerprint density at radius 2 is 0.893 bits per heavy atom. The van der Waals surface area contributed by atoms with Gasteiger partial charge in [0.2, 0.25) is 0 Å². The minimum atomic E-state index is -5.04. The van der Waals surface area contributed by atoms with Gasteiger partial charge in [-0.15, -0.1) is 4.33 Å². The lowest BCUT2D eigenvalue weighted by molar-refractivity contribution is -0.432. The number of carbonyl (C=O) groups excluding carboxylic acids is 2. The molecule has 2 aliphatic heterocycles. The fourth-order valence-electron chi connectivity index (χ4n) is 9.92. The molecule has 2 heterocycles. The van der Waals surface area contributed by atoms with Crippen molar-refractivity contribution >= 4 is 69.7 Å². The molecule has 2 aliphatic rings. The molecule has 12 rings (SSSR count). The second-order valence-corrected chi connectivity index (χ2v) is 25.8. The lowest BCUT2D eigenvalue weighted by Crippen LogP contribution is -2.26. The Bertz CT molecular complexity index is 4490. The molecule has 2 unspecified atom stereocenters. The van der Waals surface area contributed by atoms with Crippen LogP contribution in [0.25, 0.3) is 22.3 Å². The maximum Gasteiger partial charge on any atom is 0.311 e. The van der Waals surface area contributed by atoms with E-state index in [1.54, 1.807) is 116 Å². The van der Waals surface area contributed by atoms with Gasteiger partial charge in [-0.25, -0.2) is 5.26 Å². The van der Waals surface area contributed by atoms with Crippen molar-refractivity contribution < 1.29 is 74.3 Å². The van der Waals surface area contributed by atoms with Gasteiger partial charge < -0.3 is 28.0 Å². The van der Waals surface area contributed by atoms with Crippen LogP contribution in [-0.4, -0.2) is 36.9 Å². The fourth-order valence-corrected chi connectivity index (χ4v) is 15.9. The summed E-state index contributed by atoms with van der Waals surface area (Å²) in [5.74, 6) is 0.920. The van der Waals surface area contributed by atoms with Crippen molar-refractivity contribution in [2.75, 3.05) is 7.11 Å². The zero-order valence-corrected chi connectivity index (χ0v) is 47.5. The summed E-state index contributed by atoms with van der Waals surface area (Å²) in [7, 11) is -11.5. The second-order valence-electron chi connectivity index (χ2n) is 19.1. The number of hydrogen-bond donors (Lipinski definition) is 2. The molecule has 0 radical (unpaired) electrons. The minimum absolute atomic E-state index is 0.0201. The molecule has 0 spiro atoms. The van der Waals surface area contributed by atoms with Crippen LogP contribution in [0.2, 0.25) is 0 Å². The number of aryl methyl sites for hydroxylation is 1. The van der Waals surface area contributed by atoms with Crippen LogP contribution in [0.4, 0.5) is 0 Å². The van der Waals surface area contributed by atoms with Crippen molar-refractivity contribution in [2.24, 2.45) is 0 Å². The maximum absolute atomic E-state index is 15.8. The number of fused-ring (bicyclic) bond motifs is 6. The molecule has 16 nitrogen and oxygen atoms in total. The predicted molar refractivity (Wildman–Crippen MR) is 316 cm³/mol. The summed E-state index contributed by atoms with van der Waals surface area (Å²) in [6.07, 6.45) is 0. The van der Waals surface area contributed by atoms with Gasteiger partial charge in [-0.2, -0.15) is 8.42 Å². The van der Waals surface area contributed by atoms with Crippen molar-refractivity contribution in [1.29, 1.82) is 0 Å². The van der Waals surface area contributed by atoms with Gasteiger partial charge in [0, 0.05) is 38.3 Å². The van der Waals surface area contributed by atoms with E-state index in [1.807, 2.05) is 60.7 Å². The Morgan fingerprint density at radius 3 is 1.45 bits per heavy atom. The summed E-state index contributed by atoms with van der Waals surface area (Å²) in [6, 6.07) is 59.3. The summed E-state index contributed by atoms with van der Waals surface area (Å²) in [5, 5.41) is 13.6. The molecule has 0 bridgehead atoms. The lowest BCUT2D eigenvalue weighted by atomic mass is 10.0. The molecule has 0 fully saturated rings. The zero-order valence-electron chi connectivity index (χ0n) is 44.1. The quantitative estimate of drug-likeness (QED) is 0.0216.